The smallest absolute Gasteiger partial charge is 0.251 e. The van der Waals surface area contributed by atoms with Crippen molar-refractivity contribution in [3.05, 3.63) is 58.1 Å². The highest BCUT2D eigenvalue weighted by Gasteiger charge is 2.07. The van der Waals surface area contributed by atoms with E-state index in [0.29, 0.717) is 23.6 Å². The van der Waals surface area contributed by atoms with E-state index in [1.54, 1.807) is 24.3 Å². The molecule has 0 radical (unpaired) electrons. The molecular formula is C16H16ClNO3. The Balaban J connectivity index is 1.94. The molecule has 0 unspecified atom stereocenters. The van der Waals surface area contributed by atoms with E-state index in [-0.39, 0.29) is 17.4 Å². The monoisotopic (exact) mass is 305 g/mol. The zero-order chi connectivity index (χ0) is 15.4. The lowest BCUT2D eigenvalue weighted by Crippen LogP contribution is -2.25. The molecule has 0 aliphatic rings. The minimum absolute atomic E-state index is 0.138. The molecule has 0 bridgehead atoms. The lowest BCUT2D eigenvalue weighted by Gasteiger charge is -2.09. The Bertz CT molecular complexity index is 653. The largest absolute Gasteiger partial charge is 0.504 e. The molecule has 2 aromatic rings. The molecule has 2 aromatic carbocycles. The number of carbonyl (C=O) groups is 1. The Morgan fingerprint density at radius 1 is 1.14 bits per heavy atom. The minimum Gasteiger partial charge on any atom is -0.504 e. The number of hydrogen-bond donors (Lipinski definition) is 3. The minimum atomic E-state index is -0.174. The fourth-order valence-electron chi connectivity index (χ4n) is 2.01. The molecule has 21 heavy (non-hydrogen) atoms. The summed E-state index contributed by atoms with van der Waals surface area (Å²) < 4.78 is 0. The third-order valence-electron chi connectivity index (χ3n) is 3.22. The fourth-order valence-corrected chi connectivity index (χ4v) is 2.13. The van der Waals surface area contributed by atoms with Gasteiger partial charge in [-0.3, -0.25) is 4.79 Å². The van der Waals surface area contributed by atoms with Crippen molar-refractivity contribution in [1.82, 2.24) is 5.32 Å². The van der Waals surface area contributed by atoms with Crippen LogP contribution in [0.25, 0.3) is 0 Å². The topological polar surface area (TPSA) is 69.6 Å². The van der Waals surface area contributed by atoms with Gasteiger partial charge in [-0.25, -0.2) is 0 Å². The highest BCUT2D eigenvalue weighted by Crippen LogP contribution is 2.28. The summed E-state index contributed by atoms with van der Waals surface area (Å²) in [4.78, 5) is 11.9. The quantitative estimate of drug-likeness (QED) is 0.760. The lowest BCUT2D eigenvalue weighted by molar-refractivity contribution is 0.0954. The van der Waals surface area contributed by atoms with Crippen molar-refractivity contribution in [2.75, 3.05) is 6.54 Å². The van der Waals surface area contributed by atoms with Gasteiger partial charge in [0.15, 0.2) is 11.5 Å². The number of nitrogens with one attached hydrogen (secondary N) is 1. The number of phenolic OH excluding ortho intramolecular Hbond substituents is 2. The summed E-state index contributed by atoms with van der Waals surface area (Å²) in [5.74, 6) is -0.464. The van der Waals surface area contributed by atoms with E-state index in [9.17, 15) is 15.0 Å². The van der Waals surface area contributed by atoms with Gasteiger partial charge in [-0.1, -0.05) is 11.6 Å². The molecule has 3 N–H and O–H groups in total. The Kier molecular flexibility index (Phi) is 4.70. The van der Waals surface area contributed by atoms with Crippen molar-refractivity contribution in [2.45, 2.75) is 13.3 Å². The first-order valence-corrected chi connectivity index (χ1v) is 6.90. The van der Waals surface area contributed by atoms with Gasteiger partial charge in [-0.2, -0.15) is 0 Å². The summed E-state index contributed by atoms with van der Waals surface area (Å²) in [6.45, 7) is 2.28. The fraction of sp³-hybridized carbons (Fsp3) is 0.188. The molecule has 0 spiro atoms. The van der Waals surface area contributed by atoms with Gasteiger partial charge in [0.25, 0.3) is 5.91 Å². The van der Waals surface area contributed by atoms with Crippen molar-refractivity contribution in [1.29, 1.82) is 0 Å². The highest BCUT2D eigenvalue weighted by atomic mass is 35.5. The highest BCUT2D eigenvalue weighted by molar-refractivity contribution is 6.30. The average Bonchev–Trinajstić information content (AvgIpc) is 2.45. The predicted octanol–water partition coefficient (Wildman–Crippen LogP) is 3.03. The molecule has 0 aliphatic carbocycles. The lowest BCUT2D eigenvalue weighted by atomic mass is 10.0. The number of carbonyl (C=O) groups excluding carboxylic acids is 1. The number of aryl methyl sites for hydroxylation is 1. The molecule has 110 valence electrons. The number of halogens is 1. The van der Waals surface area contributed by atoms with Crippen molar-refractivity contribution in [3.63, 3.8) is 0 Å². The van der Waals surface area contributed by atoms with Crippen LogP contribution in [-0.4, -0.2) is 22.7 Å². The number of hydrogen-bond acceptors (Lipinski definition) is 3. The molecule has 2 rings (SSSR count). The van der Waals surface area contributed by atoms with Crippen molar-refractivity contribution < 1.29 is 15.0 Å². The van der Waals surface area contributed by atoms with Gasteiger partial charge in [-0.05, 0) is 60.9 Å². The van der Waals surface area contributed by atoms with Gasteiger partial charge in [0.1, 0.15) is 0 Å². The van der Waals surface area contributed by atoms with Gasteiger partial charge in [-0.15, -0.1) is 0 Å². The Labute approximate surface area is 128 Å². The second-order valence-corrected chi connectivity index (χ2v) is 5.22. The van der Waals surface area contributed by atoms with Crippen LogP contribution in [0.2, 0.25) is 5.02 Å². The van der Waals surface area contributed by atoms with Crippen molar-refractivity contribution >= 4 is 17.5 Å². The van der Waals surface area contributed by atoms with Gasteiger partial charge in [0, 0.05) is 17.1 Å². The Morgan fingerprint density at radius 3 is 2.43 bits per heavy atom. The molecule has 0 aliphatic heterocycles. The maximum Gasteiger partial charge on any atom is 0.251 e. The standard InChI is InChI=1S/C16H16ClNO3/c1-10-8-14(19)15(20)9-12(10)6-7-18-16(21)11-2-4-13(17)5-3-11/h2-5,8-9,19-20H,6-7H2,1H3,(H,18,21). The van der Waals surface area contributed by atoms with E-state index in [0.717, 1.165) is 11.1 Å². The van der Waals surface area contributed by atoms with E-state index in [1.807, 2.05) is 6.92 Å². The Morgan fingerprint density at radius 2 is 1.76 bits per heavy atom. The second kappa shape index (κ2) is 6.50. The number of amides is 1. The second-order valence-electron chi connectivity index (χ2n) is 4.78. The zero-order valence-electron chi connectivity index (χ0n) is 11.6. The van der Waals surface area contributed by atoms with Gasteiger partial charge in [0.05, 0.1) is 0 Å². The molecule has 5 heteroatoms. The number of phenols is 2. The van der Waals surface area contributed by atoms with Crippen LogP contribution in [0.15, 0.2) is 36.4 Å². The first-order valence-electron chi connectivity index (χ1n) is 6.52. The summed E-state index contributed by atoms with van der Waals surface area (Å²) in [6.07, 6.45) is 0.568. The molecule has 0 saturated carbocycles. The van der Waals surface area contributed by atoms with Crippen LogP contribution in [0, 0.1) is 6.92 Å². The molecular weight excluding hydrogens is 290 g/mol. The van der Waals surface area contributed by atoms with Gasteiger partial charge in [0.2, 0.25) is 0 Å². The SMILES string of the molecule is Cc1cc(O)c(O)cc1CCNC(=O)c1ccc(Cl)cc1. The normalized spacial score (nSPS) is 10.4. The van der Waals surface area contributed by atoms with E-state index >= 15 is 0 Å². The zero-order valence-corrected chi connectivity index (χ0v) is 12.3. The van der Waals surface area contributed by atoms with E-state index in [1.165, 1.54) is 12.1 Å². The molecule has 0 fully saturated rings. The maximum absolute atomic E-state index is 11.9. The average molecular weight is 306 g/mol. The Hall–Kier alpha value is -2.20. The maximum atomic E-state index is 11.9. The van der Waals surface area contributed by atoms with Crippen LogP contribution in [-0.2, 0) is 6.42 Å². The van der Waals surface area contributed by atoms with Crippen molar-refractivity contribution in [3.8, 4) is 11.5 Å². The summed E-state index contributed by atoms with van der Waals surface area (Å²) in [5.41, 5.74) is 2.29. The summed E-state index contributed by atoms with van der Waals surface area (Å²) in [7, 11) is 0. The van der Waals surface area contributed by atoms with Gasteiger partial charge >= 0.3 is 0 Å². The van der Waals surface area contributed by atoms with Crippen molar-refractivity contribution in [2.24, 2.45) is 0 Å². The molecule has 0 aromatic heterocycles. The van der Waals surface area contributed by atoms with E-state index < -0.39 is 0 Å². The van der Waals surface area contributed by atoms with Gasteiger partial charge < -0.3 is 15.5 Å². The van der Waals surface area contributed by atoms with Crippen LogP contribution < -0.4 is 5.32 Å². The number of aromatic hydroxyl groups is 2. The van der Waals surface area contributed by atoms with E-state index in [4.69, 9.17) is 11.6 Å². The first-order chi connectivity index (χ1) is 9.97. The third kappa shape index (κ3) is 3.89. The molecule has 4 nitrogen and oxygen atoms in total. The summed E-state index contributed by atoms with van der Waals surface area (Å²) >= 11 is 5.77. The van der Waals surface area contributed by atoms with Crippen LogP contribution in [0.4, 0.5) is 0 Å². The van der Waals surface area contributed by atoms with E-state index in [2.05, 4.69) is 5.32 Å². The summed E-state index contributed by atoms with van der Waals surface area (Å²) in [5, 5.41) is 22.3. The number of benzene rings is 2. The summed E-state index contributed by atoms with van der Waals surface area (Å²) in [6, 6.07) is 9.67. The molecule has 0 atom stereocenters. The third-order valence-corrected chi connectivity index (χ3v) is 3.47. The number of rotatable bonds is 4. The predicted molar refractivity (Wildman–Crippen MR) is 82.0 cm³/mol. The molecule has 0 heterocycles. The van der Waals surface area contributed by atoms with Crippen LogP contribution >= 0.6 is 11.6 Å². The van der Waals surface area contributed by atoms with Crippen LogP contribution in [0.5, 0.6) is 11.5 Å². The first kappa shape index (κ1) is 15.2. The molecule has 0 saturated heterocycles. The van der Waals surface area contributed by atoms with Crippen LogP contribution in [0.1, 0.15) is 21.5 Å². The van der Waals surface area contributed by atoms with Crippen LogP contribution in [0.3, 0.4) is 0 Å². The molecule has 1 amide bonds.